The first-order valence-electron chi connectivity index (χ1n) is 5.74. The molecule has 0 radical (unpaired) electrons. The van der Waals surface area contributed by atoms with E-state index in [1.54, 1.807) is 0 Å². The van der Waals surface area contributed by atoms with Crippen molar-refractivity contribution in [2.75, 3.05) is 5.88 Å². The van der Waals surface area contributed by atoms with Crippen molar-refractivity contribution < 1.29 is 4.79 Å². The van der Waals surface area contributed by atoms with Crippen molar-refractivity contribution in [1.29, 1.82) is 0 Å². The van der Waals surface area contributed by atoms with Gasteiger partial charge in [0.05, 0.1) is 8.66 Å². The second-order valence-electron chi connectivity index (χ2n) is 4.49. The Kier molecular flexibility index (Phi) is 4.50. The first-order chi connectivity index (χ1) is 8.11. The van der Waals surface area contributed by atoms with E-state index < -0.39 is 0 Å². The van der Waals surface area contributed by atoms with Crippen molar-refractivity contribution in [3.8, 4) is 0 Å². The smallest absolute Gasteiger partial charge is 0.261 e. The van der Waals surface area contributed by atoms with Crippen molar-refractivity contribution in [3.63, 3.8) is 0 Å². The molecule has 1 aromatic heterocycles. The number of carbonyl (C=O) groups excluding carboxylic acids is 1. The zero-order chi connectivity index (χ0) is 12.4. The van der Waals surface area contributed by atoms with E-state index in [-0.39, 0.29) is 11.9 Å². The standard InChI is InChI=1S/C12H15BrClNOS/c1-7-5-10(17-11(7)13)12(16)15-9-4-2-3-8(9)6-14/h5,8-9H,2-4,6H2,1H3,(H,15,16). The SMILES string of the molecule is Cc1cc(C(=O)NC2CCCC2CCl)sc1Br. The Bertz CT molecular complexity index is 401. The van der Waals surface area contributed by atoms with E-state index in [2.05, 4.69) is 21.2 Å². The number of alkyl halides is 1. The largest absolute Gasteiger partial charge is 0.348 e. The van der Waals surface area contributed by atoms with Crippen LogP contribution in [0.2, 0.25) is 0 Å². The molecule has 1 saturated carbocycles. The molecule has 1 fully saturated rings. The Balaban J connectivity index is 2.01. The van der Waals surface area contributed by atoms with Gasteiger partial charge in [-0.25, -0.2) is 0 Å². The molecule has 2 unspecified atom stereocenters. The molecule has 0 aromatic carbocycles. The molecule has 94 valence electrons. The third-order valence-corrected chi connectivity index (χ3v) is 5.79. The molecule has 1 aliphatic carbocycles. The van der Waals surface area contributed by atoms with Crippen molar-refractivity contribution in [1.82, 2.24) is 5.32 Å². The minimum Gasteiger partial charge on any atom is -0.348 e. The summed E-state index contributed by atoms with van der Waals surface area (Å²) in [4.78, 5) is 12.8. The van der Waals surface area contributed by atoms with Crippen LogP contribution in [0.4, 0.5) is 0 Å². The lowest BCUT2D eigenvalue weighted by Crippen LogP contribution is -2.37. The molecular weight excluding hydrogens is 322 g/mol. The maximum atomic E-state index is 12.1. The highest BCUT2D eigenvalue weighted by Gasteiger charge is 2.28. The van der Waals surface area contributed by atoms with Gasteiger partial charge in [-0.2, -0.15) is 0 Å². The third kappa shape index (κ3) is 3.04. The fraction of sp³-hybridized carbons (Fsp3) is 0.583. The summed E-state index contributed by atoms with van der Waals surface area (Å²) in [6, 6.07) is 2.18. The normalized spacial score (nSPS) is 23.9. The Morgan fingerprint density at radius 3 is 3.00 bits per heavy atom. The fourth-order valence-corrected chi connectivity index (χ4v) is 4.03. The van der Waals surface area contributed by atoms with Crippen LogP contribution in [0.25, 0.3) is 0 Å². The molecule has 2 atom stereocenters. The highest BCUT2D eigenvalue weighted by atomic mass is 79.9. The van der Waals surface area contributed by atoms with Gasteiger partial charge >= 0.3 is 0 Å². The third-order valence-electron chi connectivity index (χ3n) is 3.25. The summed E-state index contributed by atoms with van der Waals surface area (Å²) in [7, 11) is 0. The van der Waals surface area contributed by atoms with E-state index in [1.165, 1.54) is 11.3 Å². The monoisotopic (exact) mass is 335 g/mol. The number of hydrogen-bond acceptors (Lipinski definition) is 2. The van der Waals surface area contributed by atoms with Gasteiger partial charge in [-0.05, 0) is 53.2 Å². The van der Waals surface area contributed by atoms with Crippen LogP contribution in [0.15, 0.2) is 9.85 Å². The second-order valence-corrected chi connectivity index (χ2v) is 7.17. The van der Waals surface area contributed by atoms with Gasteiger partial charge in [-0.3, -0.25) is 4.79 Å². The van der Waals surface area contributed by atoms with E-state index in [0.717, 1.165) is 33.5 Å². The number of hydrogen-bond donors (Lipinski definition) is 1. The summed E-state index contributed by atoms with van der Waals surface area (Å²) in [6.45, 7) is 1.99. The van der Waals surface area contributed by atoms with E-state index in [1.807, 2.05) is 13.0 Å². The van der Waals surface area contributed by atoms with Crippen LogP contribution >= 0.6 is 38.9 Å². The van der Waals surface area contributed by atoms with E-state index in [4.69, 9.17) is 11.6 Å². The zero-order valence-corrected chi connectivity index (χ0v) is 12.8. The molecule has 5 heteroatoms. The summed E-state index contributed by atoms with van der Waals surface area (Å²) in [5, 5.41) is 3.10. The van der Waals surface area contributed by atoms with Crippen molar-refractivity contribution in [2.45, 2.75) is 32.2 Å². The van der Waals surface area contributed by atoms with Crippen LogP contribution in [-0.4, -0.2) is 17.8 Å². The lowest BCUT2D eigenvalue weighted by Gasteiger charge is -2.18. The number of amides is 1. The number of rotatable bonds is 3. The first-order valence-corrected chi connectivity index (χ1v) is 7.89. The fourth-order valence-electron chi connectivity index (χ4n) is 2.22. The molecule has 1 heterocycles. The summed E-state index contributed by atoms with van der Waals surface area (Å²) in [5.41, 5.74) is 1.11. The van der Waals surface area contributed by atoms with Gasteiger partial charge in [0.2, 0.25) is 0 Å². The van der Waals surface area contributed by atoms with Gasteiger partial charge in [-0.1, -0.05) is 6.42 Å². The lowest BCUT2D eigenvalue weighted by atomic mass is 10.1. The number of halogens is 2. The van der Waals surface area contributed by atoms with Crippen LogP contribution in [-0.2, 0) is 0 Å². The highest BCUT2D eigenvalue weighted by molar-refractivity contribution is 9.11. The highest BCUT2D eigenvalue weighted by Crippen LogP contribution is 2.29. The minimum atomic E-state index is 0.0332. The molecule has 1 aliphatic rings. The number of nitrogens with one attached hydrogen (secondary N) is 1. The van der Waals surface area contributed by atoms with Gasteiger partial charge in [0.25, 0.3) is 5.91 Å². The molecule has 0 bridgehead atoms. The average molecular weight is 337 g/mol. The van der Waals surface area contributed by atoms with Crippen LogP contribution < -0.4 is 5.32 Å². The van der Waals surface area contributed by atoms with Gasteiger partial charge in [0.1, 0.15) is 0 Å². The first kappa shape index (κ1) is 13.4. The van der Waals surface area contributed by atoms with Crippen molar-refractivity contribution >= 4 is 44.8 Å². The lowest BCUT2D eigenvalue weighted by molar-refractivity contribution is 0.0934. The van der Waals surface area contributed by atoms with E-state index in [0.29, 0.717) is 11.8 Å². The van der Waals surface area contributed by atoms with Crippen molar-refractivity contribution in [3.05, 3.63) is 20.3 Å². The van der Waals surface area contributed by atoms with E-state index >= 15 is 0 Å². The molecule has 1 N–H and O–H groups in total. The molecule has 1 aromatic rings. The van der Waals surface area contributed by atoms with Gasteiger partial charge in [-0.15, -0.1) is 22.9 Å². The Labute approximate surface area is 119 Å². The summed E-state index contributed by atoms with van der Waals surface area (Å²) < 4.78 is 1.03. The zero-order valence-electron chi connectivity index (χ0n) is 9.63. The second kappa shape index (κ2) is 5.72. The van der Waals surface area contributed by atoms with Gasteiger partial charge in [0.15, 0.2) is 0 Å². The molecule has 2 nitrogen and oxygen atoms in total. The van der Waals surface area contributed by atoms with Crippen LogP contribution in [0.5, 0.6) is 0 Å². The predicted molar refractivity (Wildman–Crippen MR) is 76.1 cm³/mol. The summed E-state index contributed by atoms with van der Waals surface area (Å²) in [6.07, 6.45) is 3.34. The molecule has 1 amide bonds. The molecule has 0 aliphatic heterocycles. The topological polar surface area (TPSA) is 29.1 Å². The van der Waals surface area contributed by atoms with Crippen molar-refractivity contribution in [2.24, 2.45) is 5.92 Å². The summed E-state index contributed by atoms with van der Waals surface area (Å²) >= 11 is 10.8. The Morgan fingerprint density at radius 2 is 2.41 bits per heavy atom. The summed E-state index contributed by atoms with van der Waals surface area (Å²) in [5.74, 6) is 1.11. The van der Waals surface area contributed by atoms with Crippen LogP contribution in [0.1, 0.15) is 34.5 Å². The average Bonchev–Trinajstić information content (AvgIpc) is 2.86. The molecule has 0 saturated heterocycles. The Hall–Kier alpha value is -0.0600. The van der Waals surface area contributed by atoms with E-state index in [9.17, 15) is 4.79 Å². The number of aryl methyl sites for hydroxylation is 1. The Morgan fingerprint density at radius 1 is 1.65 bits per heavy atom. The molecule has 0 spiro atoms. The number of thiophene rings is 1. The van der Waals surface area contributed by atoms with Gasteiger partial charge < -0.3 is 5.32 Å². The number of carbonyl (C=O) groups is 1. The maximum Gasteiger partial charge on any atom is 0.261 e. The molecule has 2 rings (SSSR count). The van der Waals surface area contributed by atoms with Crippen LogP contribution in [0, 0.1) is 12.8 Å². The van der Waals surface area contributed by atoms with Gasteiger partial charge in [0, 0.05) is 11.9 Å². The van der Waals surface area contributed by atoms with Crippen LogP contribution in [0.3, 0.4) is 0 Å². The molecular formula is C12H15BrClNOS. The molecule has 17 heavy (non-hydrogen) atoms. The maximum absolute atomic E-state index is 12.1. The quantitative estimate of drug-likeness (QED) is 0.832. The minimum absolute atomic E-state index is 0.0332. The predicted octanol–water partition coefficient (Wildman–Crippen LogP) is 3.96.